The Bertz CT molecular complexity index is 505. The molecule has 7 nitrogen and oxygen atoms in total. The van der Waals surface area contributed by atoms with Crippen molar-refractivity contribution in [2.45, 2.75) is 0 Å². The summed E-state index contributed by atoms with van der Waals surface area (Å²) in [4.78, 5) is 33.5. The zero-order chi connectivity index (χ0) is 11.0. The molecular formula is C8H8N4O3. The third-order valence-corrected chi connectivity index (χ3v) is 2.05. The summed E-state index contributed by atoms with van der Waals surface area (Å²) in [6.45, 7) is 0.229. The maximum atomic E-state index is 11.4. The van der Waals surface area contributed by atoms with Gasteiger partial charge in [0.2, 0.25) is 0 Å². The van der Waals surface area contributed by atoms with Crippen LogP contribution in [0.4, 0.5) is 0 Å². The maximum Gasteiger partial charge on any atom is 0.271 e. The van der Waals surface area contributed by atoms with Crippen molar-refractivity contribution in [2.24, 2.45) is 5.73 Å². The number of carbonyl (C=O) groups excluding carboxylic acids is 2. The van der Waals surface area contributed by atoms with Crippen LogP contribution < -0.4 is 21.9 Å². The van der Waals surface area contributed by atoms with Crippen LogP contribution in [0, 0.1) is 0 Å². The van der Waals surface area contributed by atoms with Gasteiger partial charge in [0.25, 0.3) is 11.8 Å². The van der Waals surface area contributed by atoms with Gasteiger partial charge in [-0.15, -0.1) is 0 Å². The minimum Gasteiger partial charge on any atom is -0.365 e. The van der Waals surface area contributed by atoms with E-state index in [2.05, 4.69) is 10.7 Å². The Morgan fingerprint density at radius 2 is 2.20 bits per heavy atom. The summed E-state index contributed by atoms with van der Waals surface area (Å²) in [6.07, 6.45) is 1.22. The molecule has 0 spiro atoms. The highest BCUT2D eigenvalue weighted by molar-refractivity contribution is 5.96. The first-order valence-electron chi connectivity index (χ1n) is 4.18. The topological polar surface area (TPSA) is 106 Å². The Balaban J connectivity index is 2.64. The smallest absolute Gasteiger partial charge is 0.271 e. The monoisotopic (exact) mass is 208 g/mol. The predicted molar refractivity (Wildman–Crippen MR) is 50.9 cm³/mol. The van der Waals surface area contributed by atoms with Crippen LogP contribution in [0.3, 0.4) is 0 Å². The third-order valence-electron chi connectivity index (χ3n) is 2.05. The van der Waals surface area contributed by atoms with Gasteiger partial charge in [0, 0.05) is 12.3 Å². The van der Waals surface area contributed by atoms with Crippen molar-refractivity contribution in [3.05, 3.63) is 33.7 Å². The average molecular weight is 208 g/mol. The summed E-state index contributed by atoms with van der Waals surface area (Å²) in [5, 5.41) is 2.49. The number of primary amides is 1. The molecule has 1 aliphatic heterocycles. The van der Waals surface area contributed by atoms with Gasteiger partial charge < -0.3 is 16.5 Å². The highest BCUT2D eigenvalue weighted by atomic mass is 16.2. The predicted octanol–water partition coefficient (Wildman–Crippen LogP) is -1.81. The van der Waals surface area contributed by atoms with Crippen molar-refractivity contribution in [3.63, 3.8) is 0 Å². The molecule has 4 N–H and O–H groups in total. The fourth-order valence-corrected chi connectivity index (χ4v) is 1.32. The van der Waals surface area contributed by atoms with Gasteiger partial charge in [-0.3, -0.25) is 19.1 Å². The molecule has 0 radical (unpaired) electrons. The standard InChI is InChI=1S/C8H8N4O3/c9-7(14)4-2-12-5(1-6(4)13)8(15)10-3-11-12/h1-2,11H,3H2,(H2,9,14)(H,10,15). The lowest BCUT2D eigenvalue weighted by Gasteiger charge is -2.21. The van der Waals surface area contributed by atoms with Crippen molar-refractivity contribution >= 4 is 11.8 Å². The molecule has 0 atom stereocenters. The maximum absolute atomic E-state index is 11.4. The average Bonchev–Trinajstić information content (AvgIpc) is 2.18. The number of nitrogens with one attached hydrogen (secondary N) is 2. The number of hydrogen-bond donors (Lipinski definition) is 3. The van der Waals surface area contributed by atoms with E-state index in [0.717, 1.165) is 6.07 Å². The normalized spacial score (nSPS) is 13.7. The van der Waals surface area contributed by atoms with Crippen LogP contribution in [0.5, 0.6) is 0 Å². The Morgan fingerprint density at radius 3 is 2.87 bits per heavy atom. The molecule has 0 saturated carbocycles. The van der Waals surface area contributed by atoms with E-state index in [9.17, 15) is 14.4 Å². The Kier molecular flexibility index (Phi) is 1.93. The molecule has 0 saturated heterocycles. The van der Waals surface area contributed by atoms with Gasteiger partial charge in [0.1, 0.15) is 17.9 Å². The van der Waals surface area contributed by atoms with Crippen LogP contribution in [0.1, 0.15) is 20.8 Å². The SMILES string of the molecule is NC(=O)c1cn2c(cc1=O)C(=O)NCN2. The van der Waals surface area contributed by atoms with Crippen molar-refractivity contribution < 1.29 is 9.59 Å². The second-order valence-electron chi connectivity index (χ2n) is 3.01. The second kappa shape index (κ2) is 3.12. The zero-order valence-electron chi connectivity index (χ0n) is 7.61. The minimum atomic E-state index is -0.817. The highest BCUT2D eigenvalue weighted by Crippen LogP contribution is 2.01. The molecule has 78 valence electrons. The van der Waals surface area contributed by atoms with E-state index in [0.29, 0.717) is 0 Å². The van der Waals surface area contributed by atoms with Crippen molar-refractivity contribution in [3.8, 4) is 0 Å². The summed E-state index contributed by atoms with van der Waals surface area (Å²) < 4.78 is 1.31. The number of nitrogens with two attached hydrogens (primary N) is 1. The van der Waals surface area contributed by atoms with Crippen molar-refractivity contribution in [1.82, 2.24) is 9.99 Å². The first-order valence-corrected chi connectivity index (χ1v) is 4.18. The van der Waals surface area contributed by atoms with Gasteiger partial charge in [0.05, 0.1) is 0 Å². The van der Waals surface area contributed by atoms with Gasteiger partial charge in [-0.2, -0.15) is 0 Å². The minimum absolute atomic E-state index is 0.149. The molecule has 1 aliphatic rings. The van der Waals surface area contributed by atoms with E-state index in [1.54, 1.807) is 0 Å². The highest BCUT2D eigenvalue weighted by Gasteiger charge is 2.18. The van der Waals surface area contributed by atoms with Crippen LogP contribution in [-0.4, -0.2) is 23.2 Å². The molecule has 1 aromatic rings. The second-order valence-corrected chi connectivity index (χ2v) is 3.01. The molecule has 2 amide bonds. The summed E-state index contributed by atoms with van der Waals surface area (Å²) >= 11 is 0. The van der Waals surface area contributed by atoms with Gasteiger partial charge in [-0.05, 0) is 0 Å². The van der Waals surface area contributed by atoms with E-state index in [1.807, 2.05) is 0 Å². The molecule has 0 aromatic carbocycles. The lowest BCUT2D eigenvalue weighted by atomic mass is 10.2. The van der Waals surface area contributed by atoms with Gasteiger partial charge in [-0.25, -0.2) is 0 Å². The lowest BCUT2D eigenvalue weighted by molar-refractivity contribution is 0.0931. The van der Waals surface area contributed by atoms with Crippen LogP contribution in [-0.2, 0) is 0 Å². The number of rotatable bonds is 1. The number of aromatic nitrogens is 1. The quantitative estimate of drug-likeness (QED) is 0.505. The van der Waals surface area contributed by atoms with E-state index < -0.39 is 11.3 Å². The van der Waals surface area contributed by atoms with Gasteiger partial charge >= 0.3 is 0 Å². The molecule has 0 bridgehead atoms. The molecule has 2 heterocycles. The first-order chi connectivity index (χ1) is 7.09. The molecule has 0 fully saturated rings. The lowest BCUT2D eigenvalue weighted by Crippen LogP contribution is -2.43. The number of fused-ring (bicyclic) bond motifs is 1. The number of amides is 2. The Hall–Kier alpha value is -2.31. The summed E-state index contributed by atoms with van der Waals surface area (Å²) in [6, 6.07) is 1.07. The number of hydrogen-bond acceptors (Lipinski definition) is 4. The summed E-state index contributed by atoms with van der Waals surface area (Å²) in [5.74, 6) is -1.19. The van der Waals surface area contributed by atoms with Crippen molar-refractivity contribution in [2.75, 3.05) is 12.1 Å². The van der Waals surface area contributed by atoms with Crippen LogP contribution >= 0.6 is 0 Å². The van der Waals surface area contributed by atoms with Crippen LogP contribution in [0.25, 0.3) is 0 Å². The summed E-state index contributed by atoms with van der Waals surface area (Å²) in [7, 11) is 0. The number of nitrogens with zero attached hydrogens (tertiary/aromatic N) is 1. The molecule has 2 rings (SSSR count). The fourth-order valence-electron chi connectivity index (χ4n) is 1.32. The molecule has 1 aromatic heterocycles. The van der Waals surface area contributed by atoms with E-state index in [1.165, 1.54) is 10.9 Å². The Labute approximate surface area is 83.8 Å². The summed E-state index contributed by atoms with van der Waals surface area (Å²) in [5.41, 5.74) is 7.19. The number of pyridine rings is 1. The zero-order valence-corrected chi connectivity index (χ0v) is 7.61. The molecule has 7 heteroatoms. The van der Waals surface area contributed by atoms with E-state index in [4.69, 9.17) is 5.73 Å². The van der Waals surface area contributed by atoms with E-state index >= 15 is 0 Å². The molecule has 0 unspecified atom stereocenters. The Morgan fingerprint density at radius 1 is 1.47 bits per heavy atom. The first kappa shape index (κ1) is 9.25. The van der Waals surface area contributed by atoms with Gasteiger partial charge in [-0.1, -0.05) is 0 Å². The van der Waals surface area contributed by atoms with Crippen LogP contribution in [0.2, 0.25) is 0 Å². The largest absolute Gasteiger partial charge is 0.365 e. The van der Waals surface area contributed by atoms with Crippen molar-refractivity contribution in [1.29, 1.82) is 0 Å². The molecule has 15 heavy (non-hydrogen) atoms. The van der Waals surface area contributed by atoms with E-state index in [-0.39, 0.29) is 23.8 Å². The number of carbonyl (C=O) groups is 2. The molecule has 0 aliphatic carbocycles. The molecular weight excluding hydrogens is 200 g/mol. The van der Waals surface area contributed by atoms with Crippen LogP contribution in [0.15, 0.2) is 17.1 Å². The van der Waals surface area contributed by atoms with Gasteiger partial charge in [0.15, 0.2) is 5.43 Å². The fraction of sp³-hybridized carbons (Fsp3) is 0.125. The third kappa shape index (κ3) is 1.43.